The second-order valence-corrected chi connectivity index (χ2v) is 6.75. The van der Waals surface area contributed by atoms with Gasteiger partial charge in [-0.25, -0.2) is 8.42 Å². The highest BCUT2D eigenvalue weighted by molar-refractivity contribution is 7.93. The van der Waals surface area contributed by atoms with Crippen molar-refractivity contribution in [1.29, 1.82) is 0 Å². The van der Waals surface area contributed by atoms with E-state index in [1.807, 2.05) is 0 Å². The van der Waals surface area contributed by atoms with Gasteiger partial charge in [-0.2, -0.15) is 0 Å². The Labute approximate surface area is 73.7 Å². The molecule has 1 heterocycles. The summed E-state index contributed by atoms with van der Waals surface area (Å²) in [6.07, 6.45) is 0.0600. The van der Waals surface area contributed by atoms with Crippen molar-refractivity contribution in [2.75, 3.05) is 5.75 Å². The third-order valence-corrected chi connectivity index (χ3v) is 5.65. The molecule has 0 aromatic heterocycles. The molecule has 4 heteroatoms. The van der Waals surface area contributed by atoms with Gasteiger partial charge in [0.1, 0.15) is 0 Å². The third kappa shape index (κ3) is 1.27. The van der Waals surface area contributed by atoms with E-state index in [-0.39, 0.29) is 11.7 Å². The van der Waals surface area contributed by atoms with Crippen LogP contribution in [-0.4, -0.2) is 30.1 Å². The van der Waals surface area contributed by atoms with Crippen LogP contribution in [0, 0.1) is 5.92 Å². The van der Waals surface area contributed by atoms with E-state index < -0.39 is 20.7 Å². The number of aliphatic hydroxyl groups excluding tert-OH is 1. The number of hydrogen-bond acceptors (Lipinski definition) is 3. The maximum absolute atomic E-state index is 11.5. The quantitative estimate of drug-likeness (QED) is 0.661. The minimum atomic E-state index is -2.98. The maximum Gasteiger partial charge on any atom is 0.155 e. The van der Waals surface area contributed by atoms with Crippen LogP contribution in [0.3, 0.4) is 0 Å². The third-order valence-electron chi connectivity index (χ3n) is 2.97. The highest BCUT2D eigenvalue weighted by atomic mass is 32.2. The lowest BCUT2D eigenvalue weighted by atomic mass is 9.88. The van der Waals surface area contributed by atoms with Crippen molar-refractivity contribution in [2.45, 2.75) is 38.0 Å². The molecule has 12 heavy (non-hydrogen) atoms. The largest absolute Gasteiger partial charge is 0.393 e. The van der Waals surface area contributed by atoms with E-state index in [1.165, 1.54) is 0 Å². The predicted octanol–water partition coefficient (Wildman–Crippen LogP) is 0.581. The summed E-state index contributed by atoms with van der Waals surface area (Å²) in [5, 5.41) is 9.36. The Bertz CT molecular complexity index is 264. The van der Waals surface area contributed by atoms with Crippen LogP contribution in [0.4, 0.5) is 0 Å². The minimum Gasteiger partial charge on any atom is -0.393 e. The van der Waals surface area contributed by atoms with E-state index in [4.69, 9.17) is 0 Å². The molecule has 0 saturated carbocycles. The van der Waals surface area contributed by atoms with Crippen LogP contribution in [0.1, 0.15) is 27.2 Å². The monoisotopic (exact) mass is 192 g/mol. The molecule has 0 aromatic rings. The van der Waals surface area contributed by atoms with Crippen molar-refractivity contribution >= 4 is 9.84 Å². The molecule has 0 bridgehead atoms. The predicted molar refractivity (Wildman–Crippen MR) is 47.7 cm³/mol. The maximum atomic E-state index is 11.5. The van der Waals surface area contributed by atoms with E-state index in [2.05, 4.69) is 0 Å². The van der Waals surface area contributed by atoms with Crippen molar-refractivity contribution in [1.82, 2.24) is 0 Å². The highest BCUT2D eigenvalue weighted by Crippen LogP contribution is 2.38. The molecular weight excluding hydrogens is 176 g/mol. The average Bonchev–Trinajstić information content (AvgIpc) is 2.03. The Morgan fingerprint density at radius 3 is 2.17 bits per heavy atom. The van der Waals surface area contributed by atoms with Gasteiger partial charge in [0.2, 0.25) is 0 Å². The zero-order valence-electron chi connectivity index (χ0n) is 7.74. The number of aliphatic hydroxyl groups is 1. The van der Waals surface area contributed by atoms with Gasteiger partial charge < -0.3 is 5.11 Å². The van der Waals surface area contributed by atoms with Crippen molar-refractivity contribution in [3.63, 3.8) is 0 Å². The van der Waals surface area contributed by atoms with Gasteiger partial charge in [0, 0.05) is 5.92 Å². The Hall–Kier alpha value is -0.0900. The summed E-state index contributed by atoms with van der Waals surface area (Å²) < 4.78 is 22.2. The Morgan fingerprint density at radius 1 is 1.50 bits per heavy atom. The lowest BCUT2D eigenvalue weighted by Crippen LogP contribution is -2.38. The molecule has 1 fully saturated rings. The van der Waals surface area contributed by atoms with Gasteiger partial charge in [-0.3, -0.25) is 0 Å². The average molecular weight is 192 g/mol. The Kier molecular flexibility index (Phi) is 2.25. The van der Waals surface area contributed by atoms with Crippen LogP contribution in [0.2, 0.25) is 0 Å². The highest BCUT2D eigenvalue weighted by Gasteiger charge is 2.49. The van der Waals surface area contributed by atoms with Gasteiger partial charge in [0.15, 0.2) is 9.84 Å². The second-order valence-electron chi connectivity index (χ2n) is 4.06. The van der Waals surface area contributed by atoms with Crippen molar-refractivity contribution in [3.8, 4) is 0 Å². The molecule has 0 aromatic carbocycles. The summed E-state index contributed by atoms with van der Waals surface area (Å²) in [4.78, 5) is 0. The van der Waals surface area contributed by atoms with Crippen LogP contribution < -0.4 is 0 Å². The van der Waals surface area contributed by atoms with Crippen LogP contribution in [0.25, 0.3) is 0 Å². The fraction of sp³-hybridized carbons (Fsp3) is 1.00. The number of hydrogen-bond donors (Lipinski definition) is 1. The molecule has 1 aliphatic rings. The molecule has 1 aliphatic heterocycles. The summed E-state index contributed by atoms with van der Waals surface area (Å²) >= 11 is 0. The van der Waals surface area contributed by atoms with Crippen LogP contribution in [0.15, 0.2) is 0 Å². The molecule has 0 spiro atoms. The lowest BCUT2D eigenvalue weighted by Gasteiger charge is -2.27. The van der Waals surface area contributed by atoms with Crippen molar-refractivity contribution in [2.24, 2.45) is 5.92 Å². The summed E-state index contributed by atoms with van der Waals surface area (Å²) in [5.41, 5.74) is 0. The molecule has 1 rings (SSSR count). The van der Waals surface area contributed by atoms with Gasteiger partial charge in [-0.05, 0) is 27.2 Å². The van der Waals surface area contributed by atoms with E-state index in [1.54, 1.807) is 20.8 Å². The standard InChI is InChI=1S/C8H16O3S/c1-6(9)7-4-5-12(10,11)8(7,2)3/h6-7,9H,4-5H2,1-3H3/t6-,7?/m0/s1. The second kappa shape index (κ2) is 2.70. The van der Waals surface area contributed by atoms with Gasteiger partial charge in [0.25, 0.3) is 0 Å². The number of rotatable bonds is 1. The first-order valence-electron chi connectivity index (χ1n) is 4.19. The van der Waals surface area contributed by atoms with Gasteiger partial charge >= 0.3 is 0 Å². The van der Waals surface area contributed by atoms with Gasteiger partial charge in [-0.15, -0.1) is 0 Å². The Balaban J connectivity index is 3.01. The van der Waals surface area contributed by atoms with Crippen molar-refractivity contribution in [3.05, 3.63) is 0 Å². The van der Waals surface area contributed by atoms with E-state index in [0.29, 0.717) is 6.42 Å². The molecule has 0 aliphatic carbocycles. The fourth-order valence-corrected chi connectivity index (χ4v) is 3.81. The molecular formula is C8H16O3S. The summed E-state index contributed by atoms with van der Waals surface area (Å²) in [6, 6.07) is 0. The van der Waals surface area contributed by atoms with E-state index >= 15 is 0 Å². The number of sulfone groups is 1. The molecule has 1 unspecified atom stereocenters. The zero-order valence-corrected chi connectivity index (χ0v) is 8.56. The topological polar surface area (TPSA) is 54.4 Å². The van der Waals surface area contributed by atoms with E-state index in [0.717, 1.165) is 0 Å². The minimum absolute atomic E-state index is 0.109. The fourth-order valence-electron chi connectivity index (χ4n) is 1.95. The first-order valence-corrected chi connectivity index (χ1v) is 5.84. The zero-order chi connectivity index (χ0) is 9.57. The molecule has 2 atom stereocenters. The first-order chi connectivity index (χ1) is 5.29. The molecule has 0 amide bonds. The molecule has 3 nitrogen and oxygen atoms in total. The van der Waals surface area contributed by atoms with Crippen molar-refractivity contribution < 1.29 is 13.5 Å². The smallest absolute Gasteiger partial charge is 0.155 e. The summed E-state index contributed by atoms with van der Waals surface area (Å²) in [5.74, 6) is 0.109. The summed E-state index contributed by atoms with van der Waals surface area (Å²) in [7, 11) is -2.98. The van der Waals surface area contributed by atoms with Crippen LogP contribution in [0.5, 0.6) is 0 Å². The molecule has 1 saturated heterocycles. The van der Waals surface area contributed by atoms with Gasteiger partial charge in [0.05, 0.1) is 16.6 Å². The first kappa shape index (κ1) is 9.99. The van der Waals surface area contributed by atoms with Crippen LogP contribution in [-0.2, 0) is 9.84 Å². The van der Waals surface area contributed by atoms with Crippen LogP contribution >= 0.6 is 0 Å². The normalized spacial score (nSPS) is 34.8. The SMILES string of the molecule is C[C@H](O)C1CCS(=O)(=O)C1(C)C. The van der Waals surface area contributed by atoms with Gasteiger partial charge in [-0.1, -0.05) is 0 Å². The van der Waals surface area contributed by atoms with E-state index in [9.17, 15) is 13.5 Å². The Morgan fingerprint density at radius 2 is 2.00 bits per heavy atom. The molecule has 1 N–H and O–H groups in total. The molecule has 72 valence electrons. The molecule has 0 radical (unpaired) electrons. The summed E-state index contributed by atoms with van der Waals surface area (Å²) in [6.45, 7) is 5.06. The lowest BCUT2D eigenvalue weighted by molar-refractivity contribution is 0.110.